The fourth-order valence-corrected chi connectivity index (χ4v) is 3.73. The van der Waals surface area contributed by atoms with Crippen molar-refractivity contribution in [2.75, 3.05) is 0 Å². The summed E-state index contributed by atoms with van der Waals surface area (Å²) in [5.41, 5.74) is 0.497. The van der Waals surface area contributed by atoms with E-state index in [-0.39, 0.29) is 28.3 Å². The predicted octanol–water partition coefficient (Wildman–Crippen LogP) is 4.19. The number of nitrogens with one attached hydrogen (secondary N) is 1. The number of unbranched alkanes of at least 4 members (excludes halogenated alkanes) is 3. The normalized spacial score (nSPS) is 11.3. The number of fused-ring (bicyclic) bond motifs is 2. The molecule has 0 bridgehead atoms. The van der Waals surface area contributed by atoms with Crippen LogP contribution >= 0.6 is 0 Å². The third-order valence-corrected chi connectivity index (χ3v) is 5.23. The van der Waals surface area contributed by atoms with E-state index in [2.05, 4.69) is 16.9 Å². The minimum atomic E-state index is -0.351. The first kappa shape index (κ1) is 18.9. The Morgan fingerprint density at radius 2 is 1.69 bits per heavy atom. The second-order valence-corrected chi connectivity index (χ2v) is 7.19. The Labute approximate surface area is 167 Å². The largest absolute Gasteiger partial charge is 0.506 e. The number of aryl methyl sites for hydroxylation is 1. The summed E-state index contributed by atoms with van der Waals surface area (Å²) in [5.74, 6) is -0.0712. The molecule has 0 saturated heterocycles. The number of para-hydroxylation sites is 2. The summed E-state index contributed by atoms with van der Waals surface area (Å²) in [6, 6.07) is 14.2. The molecule has 0 atom stereocenters. The zero-order chi connectivity index (χ0) is 20.4. The van der Waals surface area contributed by atoms with Gasteiger partial charge in [-0.05, 0) is 30.7 Å². The predicted molar refractivity (Wildman–Crippen MR) is 115 cm³/mol. The van der Waals surface area contributed by atoms with Gasteiger partial charge in [0.2, 0.25) is 0 Å². The van der Waals surface area contributed by atoms with Gasteiger partial charge in [0.25, 0.3) is 11.1 Å². The van der Waals surface area contributed by atoms with Crippen LogP contribution in [-0.2, 0) is 6.54 Å². The lowest BCUT2D eigenvalue weighted by molar-refractivity contribution is 0.479. The molecule has 0 radical (unpaired) electrons. The zero-order valence-electron chi connectivity index (χ0n) is 16.3. The van der Waals surface area contributed by atoms with Crippen molar-refractivity contribution in [1.82, 2.24) is 14.5 Å². The molecule has 0 amide bonds. The van der Waals surface area contributed by atoms with Crippen molar-refractivity contribution in [2.45, 2.75) is 39.2 Å². The summed E-state index contributed by atoms with van der Waals surface area (Å²) >= 11 is 0. The summed E-state index contributed by atoms with van der Waals surface area (Å²) in [4.78, 5) is 33.0. The maximum absolute atomic E-state index is 13.4. The molecule has 0 aliphatic carbocycles. The lowest BCUT2D eigenvalue weighted by Crippen LogP contribution is -2.24. The molecule has 29 heavy (non-hydrogen) atoms. The summed E-state index contributed by atoms with van der Waals surface area (Å²) in [7, 11) is 0. The maximum Gasteiger partial charge on any atom is 0.265 e. The molecule has 4 aromatic rings. The number of aromatic nitrogens is 3. The molecule has 4 rings (SSSR count). The number of hydrogen-bond donors (Lipinski definition) is 2. The van der Waals surface area contributed by atoms with Crippen LogP contribution in [0.2, 0.25) is 0 Å². The Morgan fingerprint density at radius 3 is 2.48 bits per heavy atom. The highest BCUT2D eigenvalue weighted by Gasteiger charge is 2.20. The monoisotopic (exact) mass is 389 g/mol. The van der Waals surface area contributed by atoms with Crippen LogP contribution < -0.4 is 11.1 Å². The first-order valence-electron chi connectivity index (χ1n) is 9.95. The number of aromatic amines is 1. The van der Waals surface area contributed by atoms with Gasteiger partial charge in [-0.15, -0.1) is 0 Å². The fourth-order valence-electron chi connectivity index (χ4n) is 3.73. The van der Waals surface area contributed by atoms with Crippen molar-refractivity contribution in [2.24, 2.45) is 0 Å². The fraction of sp³-hybridized carbons (Fsp3) is 0.261. The average Bonchev–Trinajstić information content (AvgIpc) is 2.73. The molecule has 0 aliphatic heterocycles. The van der Waals surface area contributed by atoms with Crippen molar-refractivity contribution in [3.05, 3.63) is 69.2 Å². The van der Waals surface area contributed by atoms with Crippen LogP contribution in [0.25, 0.3) is 33.2 Å². The SMILES string of the molecule is CCCCCCn1c(=O)c(-c2nc3ccccc3c(=O)[nH]2)c(O)c2ccccc21. The van der Waals surface area contributed by atoms with Gasteiger partial charge in [0.15, 0.2) is 0 Å². The molecule has 2 heterocycles. The average molecular weight is 389 g/mol. The Balaban J connectivity index is 1.95. The van der Waals surface area contributed by atoms with Gasteiger partial charge < -0.3 is 14.7 Å². The molecule has 2 aromatic heterocycles. The first-order chi connectivity index (χ1) is 14.1. The van der Waals surface area contributed by atoms with Crippen LogP contribution in [-0.4, -0.2) is 19.6 Å². The summed E-state index contributed by atoms with van der Waals surface area (Å²) in [6.45, 7) is 2.69. The number of H-pyrrole nitrogens is 1. The van der Waals surface area contributed by atoms with E-state index in [1.165, 1.54) is 0 Å². The van der Waals surface area contributed by atoms with Crippen molar-refractivity contribution in [3.8, 4) is 17.1 Å². The minimum Gasteiger partial charge on any atom is -0.506 e. The molecule has 0 unspecified atom stereocenters. The van der Waals surface area contributed by atoms with Crippen LogP contribution in [0.4, 0.5) is 0 Å². The van der Waals surface area contributed by atoms with Crippen LogP contribution in [0.1, 0.15) is 32.6 Å². The molecule has 6 heteroatoms. The summed E-state index contributed by atoms with van der Waals surface area (Å²) < 4.78 is 1.68. The molecule has 2 N–H and O–H groups in total. The van der Waals surface area contributed by atoms with E-state index in [1.54, 1.807) is 34.9 Å². The lowest BCUT2D eigenvalue weighted by atomic mass is 10.1. The third-order valence-electron chi connectivity index (χ3n) is 5.23. The standard InChI is InChI=1S/C23H23N3O3/c1-2-3-4-9-14-26-18-13-8-6-11-16(18)20(27)19(23(26)29)21-24-17-12-7-5-10-15(17)22(28)25-21/h5-8,10-13,27H,2-4,9,14H2,1H3,(H,24,25,28). The molecule has 0 spiro atoms. The highest BCUT2D eigenvalue weighted by atomic mass is 16.3. The Bertz CT molecular complexity index is 1300. The quantitative estimate of drug-likeness (QED) is 0.484. The molecular weight excluding hydrogens is 366 g/mol. The lowest BCUT2D eigenvalue weighted by Gasteiger charge is -2.15. The van der Waals surface area contributed by atoms with Crippen molar-refractivity contribution in [3.63, 3.8) is 0 Å². The molecule has 148 valence electrons. The summed E-state index contributed by atoms with van der Waals surface area (Å²) in [5, 5.41) is 11.9. The van der Waals surface area contributed by atoms with E-state index >= 15 is 0 Å². The highest BCUT2D eigenvalue weighted by molar-refractivity contribution is 5.91. The summed E-state index contributed by atoms with van der Waals surface area (Å²) in [6.07, 6.45) is 4.11. The molecule has 6 nitrogen and oxygen atoms in total. The smallest absolute Gasteiger partial charge is 0.265 e. The van der Waals surface area contributed by atoms with Gasteiger partial charge in [0.05, 0.1) is 16.4 Å². The van der Waals surface area contributed by atoms with Crippen molar-refractivity contribution < 1.29 is 5.11 Å². The molecule has 0 fully saturated rings. The Kier molecular flexibility index (Phi) is 5.16. The zero-order valence-corrected chi connectivity index (χ0v) is 16.3. The number of pyridine rings is 1. The van der Waals surface area contributed by atoms with E-state index in [0.29, 0.717) is 28.4 Å². The van der Waals surface area contributed by atoms with Crippen molar-refractivity contribution >= 4 is 21.8 Å². The Hall–Kier alpha value is -3.41. The van der Waals surface area contributed by atoms with Crippen LogP contribution in [0, 0.1) is 0 Å². The van der Waals surface area contributed by atoms with Crippen LogP contribution in [0.3, 0.4) is 0 Å². The van der Waals surface area contributed by atoms with E-state index in [9.17, 15) is 14.7 Å². The van der Waals surface area contributed by atoms with Gasteiger partial charge in [0.1, 0.15) is 17.1 Å². The number of benzene rings is 2. The first-order valence-corrected chi connectivity index (χ1v) is 9.95. The molecule has 0 saturated carbocycles. The number of nitrogens with zero attached hydrogens (tertiary/aromatic N) is 2. The van der Waals surface area contributed by atoms with Crippen LogP contribution in [0.5, 0.6) is 5.75 Å². The molecular formula is C23H23N3O3. The van der Waals surface area contributed by atoms with Gasteiger partial charge >= 0.3 is 0 Å². The third kappa shape index (κ3) is 3.42. The number of hydrogen-bond acceptors (Lipinski definition) is 4. The van der Waals surface area contributed by atoms with Crippen LogP contribution in [0.15, 0.2) is 58.1 Å². The highest BCUT2D eigenvalue weighted by Crippen LogP contribution is 2.31. The van der Waals surface area contributed by atoms with Gasteiger partial charge in [0, 0.05) is 11.9 Å². The maximum atomic E-state index is 13.4. The van der Waals surface area contributed by atoms with Gasteiger partial charge in [-0.3, -0.25) is 9.59 Å². The molecule has 2 aromatic carbocycles. The van der Waals surface area contributed by atoms with E-state index in [4.69, 9.17) is 0 Å². The van der Waals surface area contributed by atoms with E-state index in [0.717, 1.165) is 25.7 Å². The van der Waals surface area contributed by atoms with Gasteiger partial charge in [-0.1, -0.05) is 50.5 Å². The number of rotatable bonds is 6. The minimum absolute atomic E-state index is 0.0297. The van der Waals surface area contributed by atoms with E-state index < -0.39 is 0 Å². The van der Waals surface area contributed by atoms with E-state index in [1.807, 2.05) is 18.2 Å². The Morgan fingerprint density at radius 1 is 0.966 bits per heavy atom. The second-order valence-electron chi connectivity index (χ2n) is 7.19. The van der Waals surface area contributed by atoms with Gasteiger partial charge in [-0.25, -0.2) is 4.98 Å². The van der Waals surface area contributed by atoms with Crippen molar-refractivity contribution in [1.29, 1.82) is 0 Å². The van der Waals surface area contributed by atoms with Gasteiger partial charge in [-0.2, -0.15) is 0 Å². The second kappa shape index (κ2) is 7.91. The topological polar surface area (TPSA) is 88.0 Å². The number of aromatic hydroxyl groups is 1. The molecule has 0 aliphatic rings.